The fraction of sp³-hybridized carbons (Fsp3) is 0.889. The second kappa shape index (κ2) is 4.33. The van der Waals surface area contributed by atoms with Crippen molar-refractivity contribution in [2.45, 2.75) is 44.0 Å². The topological polar surface area (TPSA) is 49.3 Å². The molecule has 0 aromatic rings. The van der Waals surface area contributed by atoms with E-state index < -0.39 is 5.97 Å². The zero-order valence-corrected chi connectivity index (χ0v) is 8.99. The van der Waals surface area contributed by atoms with E-state index in [1.165, 1.54) is 0 Å². The largest absolute Gasteiger partial charge is 0.480 e. The number of carboxylic acids is 1. The van der Waals surface area contributed by atoms with Gasteiger partial charge in [0.15, 0.2) is 0 Å². The van der Waals surface area contributed by atoms with Crippen molar-refractivity contribution in [2.75, 3.05) is 5.75 Å². The Bertz CT molecular complexity index is 194. The van der Waals surface area contributed by atoms with Gasteiger partial charge in [-0.15, -0.1) is 11.8 Å². The lowest BCUT2D eigenvalue weighted by Crippen LogP contribution is -2.52. The average molecular weight is 203 g/mol. The molecule has 2 atom stereocenters. The summed E-state index contributed by atoms with van der Waals surface area (Å²) in [5.74, 6) is 0.225. The van der Waals surface area contributed by atoms with Gasteiger partial charge in [-0.25, -0.2) is 0 Å². The number of hydrogen-bond acceptors (Lipinski definition) is 3. The van der Waals surface area contributed by atoms with Crippen LogP contribution in [-0.2, 0) is 4.79 Å². The molecule has 0 bridgehead atoms. The van der Waals surface area contributed by atoms with Crippen molar-refractivity contribution in [2.24, 2.45) is 0 Å². The van der Waals surface area contributed by atoms with Gasteiger partial charge in [0, 0.05) is 0 Å². The van der Waals surface area contributed by atoms with Crippen LogP contribution in [0.3, 0.4) is 0 Å². The summed E-state index contributed by atoms with van der Waals surface area (Å²) < 4.78 is 0. The average Bonchev–Trinajstić information content (AvgIpc) is 2.04. The first-order valence-electron chi connectivity index (χ1n) is 4.72. The van der Waals surface area contributed by atoms with Gasteiger partial charge in [0.05, 0.1) is 4.87 Å². The minimum absolute atomic E-state index is 0.0317. The fourth-order valence-electron chi connectivity index (χ4n) is 1.69. The summed E-state index contributed by atoms with van der Waals surface area (Å²) >= 11 is 1.84. The van der Waals surface area contributed by atoms with E-state index in [1.54, 1.807) is 0 Å². The molecule has 1 heterocycles. The molecule has 0 aliphatic carbocycles. The zero-order valence-electron chi connectivity index (χ0n) is 8.17. The molecule has 0 radical (unpaired) electrons. The lowest BCUT2D eigenvalue weighted by Gasteiger charge is -2.37. The third-order valence-corrected chi connectivity index (χ3v) is 3.73. The van der Waals surface area contributed by atoms with Gasteiger partial charge >= 0.3 is 5.97 Å². The summed E-state index contributed by atoms with van der Waals surface area (Å²) in [5.41, 5.74) is 0. The highest BCUT2D eigenvalue weighted by Gasteiger charge is 2.34. The number of aliphatic carboxylic acids is 1. The number of thioether (sulfide) groups is 1. The van der Waals surface area contributed by atoms with Crippen molar-refractivity contribution in [1.29, 1.82) is 0 Å². The van der Waals surface area contributed by atoms with Crippen LogP contribution in [0.15, 0.2) is 0 Å². The van der Waals surface area contributed by atoms with Crippen LogP contribution in [0.1, 0.15) is 33.1 Å². The molecule has 0 spiro atoms. The van der Waals surface area contributed by atoms with Crippen LogP contribution in [0.2, 0.25) is 0 Å². The van der Waals surface area contributed by atoms with Gasteiger partial charge in [-0.2, -0.15) is 0 Å². The van der Waals surface area contributed by atoms with Crippen molar-refractivity contribution in [1.82, 2.24) is 5.32 Å². The van der Waals surface area contributed by atoms with E-state index in [0.29, 0.717) is 0 Å². The summed E-state index contributed by atoms with van der Waals surface area (Å²) in [6.07, 6.45) is 2.85. The Morgan fingerprint density at radius 3 is 3.00 bits per heavy atom. The van der Waals surface area contributed by atoms with Crippen LogP contribution in [0.5, 0.6) is 0 Å². The summed E-state index contributed by atoms with van der Waals surface area (Å²) in [4.78, 5) is 10.7. The monoisotopic (exact) mass is 203 g/mol. The van der Waals surface area contributed by atoms with Crippen LogP contribution in [0, 0.1) is 0 Å². The Labute approximate surface area is 83.3 Å². The molecule has 0 amide bonds. The van der Waals surface area contributed by atoms with Gasteiger partial charge < -0.3 is 5.11 Å². The predicted molar refractivity (Wildman–Crippen MR) is 54.9 cm³/mol. The maximum absolute atomic E-state index is 10.8. The van der Waals surface area contributed by atoms with Crippen LogP contribution < -0.4 is 5.32 Å². The van der Waals surface area contributed by atoms with E-state index in [2.05, 4.69) is 19.2 Å². The highest BCUT2D eigenvalue weighted by atomic mass is 32.2. The first-order valence-corrected chi connectivity index (χ1v) is 5.70. The number of nitrogens with one attached hydrogen (secondary N) is 1. The highest BCUT2D eigenvalue weighted by molar-refractivity contribution is 8.00. The summed E-state index contributed by atoms with van der Waals surface area (Å²) in [6, 6.07) is -0.349. The molecule has 1 aliphatic heterocycles. The quantitative estimate of drug-likeness (QED) is 0.732. The molecule has 1 saturated heterocycles. The third kappa shape index (κ3) is 2.88. The number of hydrogen-bond donors (Lipinski definition) is 2. The van der Waals surface area contributed by atoms with Crippen LogP contribution in [0.25, 0.3) is 0 Å². The van der Waals surface area contributed by atoms with Gasteiger partial charge in [-0.05, 0) is 25.5 Å². The summed E-state index contributed by atoms with van der Waals surface area (Å²) in [7, 11) is 0. The predicted octanol–water partition coefficient (Wildman–Crippen LogP) is 1.68. The van der Waals surface area contributed by atoms with E-state index in [4.69, 9.17) is 5.11 Å². The molecular formula is C9H17NO2S. The molecule has 0 saturated carbocycles. The molecule has 0 aromatic carbocycles. The molecule has 76 valence electrons. The molecule has 4 heteroatoms. The van der Waals surface area contributed by atoms with Crippen molar-refractivity contribution in [3.05, 3.63) is 0 Å². The van der Waals surface area contributed by atoms with E-state index >= 15 is 0 Å². The van der Waals surface area contributed by atoms with Crippen molar-refractivity contribution in [3.63, 3.8) is 0 Å². The Morgan fingerprint density at radius 2 is 2.46 bits per heavy atom. The second-order valence-electron chi connectivity index (χ2n) is 3.65. The molecule has 1 rings (SSSR count). The minimum atomic E-state index is -0.720. The van der Waals surface area contributed by atoms with Crippen molar-refractivity contribution < 1.29 is 9.90 Å². The highest BCUT2D eigenvalue weighted by Crippen LogP contribution is 2.32. The van der Waals surface area contributed by atoms with Crippen molar-refractivity contribution >= 4 is 17.7 Å². The van der Waals surface area contributed by atoms with E-state index in [0.717, 1.165) is 25.0 Å². The molecule has 1 aliphatic rings. The van der Waals surface area contributed by atoms with Gasteiger partial charge in [-0.3, -0.25) is 10.1 Å². The maximum Gasteiger partial charge on any atom is 0.320 e. The summed E-state index contributed by atoms with van der Waals surface area (Å²) in [5, 5.41) is 12.1. The Hall–Kier alpha value is -0.220. The molecule has 2 N–H and O–H groups in total. The Balaban J connectivity index is 2.54. The van der Waals surface area contributed by atoms with Gasteiger partial charge in [0.1, 0.15) is 6.04 Å². The third-order valence-electron chi connectivity index (χ3n) is 2.33. The number of carboxylic acid groups (broad SMARTS) is 1. The molecule has 3 nitrogen and oxygen atoms in total. The summed E-state index contributed by atoms with van der Waals surface area (Å²) in [6.45, 7) is 4.22. The van der Waals surface area contributed by atoms with E-state index in [9.17, 15) is 4.79 Å². The van der Waals surface area contributed by atoms with Gasteiger partial charge in [0.25, 0.3) is 0 Å². The standard InChI is InChI=1S/C9H17NO2S/c1-3-5-9(2)10-7(8(11)12)4-6-13-9/h7,10H,3-6H2,1-2H3,(H,11,12). The SMILES string of the molecule is CCCC1(C)NC(C(=O)O)CCS1. The Kier molecular flexibility index (Phi) is 3.62. The van der Waals surface area contributed by atoms with E-state index in [-0.39, 0.29) is 10.9 Å². The van der Waals surface area contributed by atoms with Crippen LogP contribution in [0.4, 0.5) is 0 Å². The van der Waals surface area contributed by atoms with Crippen molar-refractivity contribution in [3.8, 4) is 0 Å². The van der Waals surface area contributed by atoms with Crippen LogP contribution in [-0.4, -0.2) is 27.7 Å². The maximum atomic E-state index is 10.8. The van der Waals surface area contributed by atoms with Gasteiger partial charge in [0.2, 0.25) is 0 Å². The molecule has 1 fully saturated rings. The number of rotatable bonds is 3. The lowest BCUT2D eigenvalue weighted by atomic mass is 10.1. The smallest absolute Gasteiger partial charge is 0.320 e. The zero-order chi connectivity index (χ0) is 9.90. The fourth-order valence-corrected chi connectivity index (χ4v) is 3.07. The number of carbonyl (C=O) groups is 1. The Morgan fingerprint density at radius 1 is 1.77 bits per heavy atom. The minimum Gasteiger partial charge on any atom is -0.480 e. The van der Waals surface area contributed by atoms with Gasteiger partial charge in [-0.1, -0.05) is 13.3 Å². The first kappa shape index (κ1) is 10.9. The molecule has 0 aromatic heterocycles. The molecule has 2 unspecified atom stereocenters. The lowest BCUT2D eigenvalue weighted by molar-refractivity contribution is -0.140. The van der Waals surface area contributed by atoms with E-state index in [1.807, 2.05) is 11.8 Å². The normalized spacial score (nSPS) is 34.5. The molecular weight excluding hydrogens is 186 g/mol. The van der Waals surface area contributed by atoms with Crippen LogP contribution >= 0.6 is 11.8 Å². The second-order valence-corrected chi connectivity index (χ2v) is 5.25. The molecule has 13 heavy (non-hydrogen) atoms. The first-order chi connectivity index (χ1) is 6.07.